The Labute approximate surface area is 105 Å². The number of hydrogen-bond donors (Lipinski definition) is 1. The highest BCUT2D eigenvalue weighted by Crippen LogP contribution is 2.37. The molecule has 2 N–H and O–H groups in total. The maximum absolute atomic E-state index is 6.28. The lowest BCUT2D eigenvalue weighted by molar-refractivity contribution is 0.0832. The van der Waals surface area contributed by atoms with Crippen molar-refractivity contribution in [1.29, 1.82) is 0 Å². The monoisotopic (exact) mass is 237 g/mol. The van der Waals surface area contributed by atoms with Gasteiger partial charge < -0.3 is 10.6 Å². The SMILES string of the molecule is CC1(CN2CCN(C3CC3)CC2)CCCC1N. The minimum atomic E-state index is 0.391. The van der Waals surface area contributed by atoms with Gasteiger partial charge in [-0.05, 0) is 31.1 Å². The first kappa shape index (κ1) is 11.9. The zero-order valence-electron chi connectivity index (χ0n) is 11.2. The normalized spacial score (nSPS) is 40.9. The predicted molar refractivity (Wildman–Crippen MR) is 71.0 cm³/mol. The van der Waals surface area contributed by atoms with Gasteiger partial charge in [-0.2, -0.15) is 0 Å². The number of rotatable bonds is 3. The van der Waals surface area contributed by atoms with E-state index in [4.69, 9.17) is 5.73 Å². The molecule has 3 heteroatoms. The van der Waals surface area contributed by atoms with Crippen LogP contribution in [0.3, 0.4) is 0 Å². The molecule has 2 unspecified atom stereocenters. The minimum Gasteiger partial charge on any atom is -0.327 e. The van der Waals surface area contributed by atoms with Crippen molar-refractivity contribution in [3.63, 3.8) is 0 Å². The third-order valence-electron chi connectivity index (χ3n) is 5.21. The molecule has 2 saturated carbocycles. The van der Waals surface area contributed by atoms with Gasteiger partial charge in [0.05, 0.1) is 0 Å². The van der Waals surface area contributed by atoms with E-state index in [1.165, 1.54) is 64.8 Å². The smallest absolute Gasteiger partial charge is 0.0113 e. The van der Waals surface area contributed by atoms with E-state index in [9.17, 15) is 0 Å². The predicted octanol–water partition coefficient (Wildman–Crippen LogP) is 1.28. The highest BCUT2D eigenvalue weighted by molar-refractivity contribution is 4.95. The van der Waals surface area contributed by atoms with Gasteiger partial charge in [0.1, 0.15) is 0 Å². The van der Waals surface area contributed by atoms with Crippen LogP contribution in [0.25, 0.3) is 0 Å². The van der Waals surface area contributed by atoms with Gasteiger partial charge >= 0.3 is 0 Å². The first-order chi connectivity index (χ1) is 8.17. The van der Waals surface area contributed by atoms with Gasteiger partial charge in [0, 0.05) is 44.8 Å². The molecule has 2 aliphatic carbocycles. The Bertz CT molecular complexity index is 269. The third-order valence-corrected chi connectivity index (χ3v) is 5.21. The van der Waals surface area contributed by atoms with Crippen LogP contribution in [0.5, 0.6) is 0 Å². The Morgan fingerprint density at radius 3 is 2.35 bits per heavy atom. The fourth-order valence-corrected chi connectivity index (χ4v) is 3.69. The fourth-order valence-electron chi connectivity index (χ4n) is 3.69. The van der Waals surface area contributed by atoms with Gasteiger partial charge in [0.2, 0.25) is 0 Å². The average Bonchev–Trinajstić information content (AvgIpc) is 3.09. The second-order valence-corrected chi connectivity index (χ2v) is 6.70. The van der Waals surface area contributed by atoms with Gasteiger partial charge in [0.25, 0.3) is 0 Å². The Kier molecular flexibility index (Phi) is 3.18. The second kappa shape index (κ2) is 4.52. The topological polar surface area (TPSA) is 32.5 Å². The third kappa shape index (κ3) is 2.51. The van der Waals surface area contributed by atoms with Crippen LogP contribution in [0.4, 0.5) is 0 Å². The number of nitrogens with two attached hydrogens (primary N) is 1. The summed E-state index contributed by atoms with van der Waals surface area (Å²) >= 11 is 0. The van der Waals surface area contributed by atoms with Crippen molar-refractivity contribution in [2.45, 2.75) is 51.1 Å². The molecule has 0 aromatic heterocycles. The summed E-state index contributed by atoms with van der Waals surface area (Å²) in [6, 6.07) is 1.38. The Morgan fingerprint density at radius 1 is 1.12 bits per heavy atom. The molecule has 0 aromatic carbocycles. The summed E-state index contributed by atoms with van der Waals surface area (Å²) in [5, 5.41) is 0. The van der Waals surface area contributed by atoms with Gasteiger partial charge in [0.15, 0.2) is 0 Å². The lowest BCUT2D eigenvalue weighted by Crippen LogP contribution is -2.52. The van der Waals surface area contributed by atoms with Crippen molar-refractivity contribution < 1.29 is 0 Å². The molecule has 17 heavy (non-hydrogen) atoms. The van der Waals surface area contributed by atoms with E-state index >= 15 is 0 Å². The van der Waals surface area contributed by atoms with Gasteiger partial charge in [-0.3, -0.25) is 4.90 Å². The van der Waals surface area contributed by atoms with Crippen molar-refractivity contribution in [3.8, 4) is 0 Å². The van der Waals surface area contributed by atoms with Crippen LogP contribution >= 0.6 is 0 Å². The number of hydrogen-bond acceptors (Lipinski definition) is 3. The van der Waals surface area contributed by atoms with Crippen LogP contribution in [0.1, 0.15) is 39.0 Å². The summed E-state index contributed by atoms with van der Waals surface area (Å²) in [5.41, 5.74) is 6.67. The Hall–Kier alpha value is -0.120. The first-order valence-corrected chi connectivity index (χ1v) is 7.39. The quantitative estimate of drug-likeness (QED) is 0.803. The second-order valence-electron chi connectivity index (χ2n) is 6.70. The van der Waals surface area contributed by atoms with Gasteiger partial charge in [-0.25, -0.2) is 0 Å². The van der Waals surface area contributed by atoms with E-state index in [0.717, 1.165) is 6.04 Å². The molecular formula is C14H27N3. The molecule has 0 radical (unpaired) electrons. The molecule has 3 aliphatic rings. The molecule has 1 aliphatic heterocycles. The lowest BCUT2D eigenvalue weighted by atomic mass is 9.84. The summed E-state index contributed by atoms with van der Waals surface area (Å²) < 4.78 is 0. The Balaban J connectivity index is 1.49. The molecule has 2 atom stereocenters. The molecule has 3 rings (SSSR count). The highest BCUT2D eigenvalue weighted by atomic mass is 15.3. The fraction of sp³-hybridized carbons (Fsp3) is 1.00. The van der Waals surface area contributed by atoms with E-state index in [1.54, 1.807) is 0 Å². The van der Waals surface area contributed by atoms with Crippen molar-refractivity contribution in [2.75, 3.05) is 32.7 Å². The maximum Gasteiger partial charge on any atom is 0.0113 e. The van der Waals surface area contributed by atoms with Crippen molar-refractivity contribution in [1.82, 2.24) is 9.80 Å². The molecule has 3 fully saturated rings. The summed E-state index contributed by atoms with van der Waals surface area (Å²) in [4.78, 5) is 5.34. The van der Waals surface area contributed by atoms with E-state index in [2.05, 4.69) is 16.7 Å². The highest BCUT2D eigenvalue weighted by Gasteiger charge is 2.39. The lowest BCUT2D eigenvalue weighted by Gasteiger charge is -2.40. The molecule has 98 valence electrons. The molecule has 0 bridgehead atoms. The number of nitrogens with zero attached hydrogens (tertiary/aromatic N) is 2. The van der Waals surface area contributed by atoms with Crippen LogP contribution in [0.2, 0.25) is 0 Å². The van der Waals surface area contributed by atoms with Crippen LogP contribution < -0.4 is 5.73 Å². The maximum atomic E-state index is 6.28. The molecule has 0 spiro atoms. The molecule has 1 saturated heterocycles. The molecular weight excluding hydrogens is 210 g/mol. The Morgan fingerprint density at radius 2 is 1.82 bits per heavy atom. The largest absolute Gasteiger partial charge is 0.327 e. The van der Waals surface area contributed by atoms with Crippen LogP contribution in [-0.4, -0.2) is 54.6 Å². The summed E-state index contributed by atoms with van der Waals surface area (Å²) in [5.74, 6) is 0. The van der Waals surface area contributed by atoms with Crippen LogP contribution in [-0.2, 0) is 0 Å². The average molecular weight is 237 g/mol. The van der Waals surface area contributed by atoms with Crippen molar-refractivity contribution in [2.24, 2.45) is 11.1 Å². The molecule has 3 nitrogen and oxygen atoms in total. The molecule has 1 heterocycles. The van der Waals surface area contributed by atoms with E-state index in [0.29, 0.717) is 11.5 Å². The zero-order chi connectivity index (χ0) is 11.9. The minimum absolute atomic E-state index is 0.391. The van der Waals surface area contributed by atoms with E-state index in [-0.39, 0.29) is 0 Å². The van der Waals surface area contributed by atoms with Gasteiger partial charge in [-0.1, -0.05) is 13.3 Å². The standard InChI is InChI=1S/C14H27N3/c1-14(6-2-3-13(14)15)11-16-7-9-17(10-8-16)12-4-5-12/h12-13H,2-11,15H2,1H3. The van der Waals surface area contributed by atoms with Crippen molar-refractivity contribution in [3.05, 3.63) is 0 Å². The summed E-state index contributed by atoms with van der Waals surface area (Å²) in [7, 11) is 0. The molecule has 0 amide bonds. The first-order valence-electron chi connectivity index (χ1n) is 7.39. The van der Waals surface area contributed by atoms with Crippen LogP contribution in [0.15, 0.2) is 0 Å². The van der Waals surface area contributed by atoms with Crippen LogP contribution in [0, 0.1) is 5.41 Å². The van der Waals surface area contributed by atoms with Gasteiger partial charge in [-0.15, -0.1) is 0 Å². The summed E-state index contributed by atoms with van der Waals surface area (Å²) in [6.45, 7) is 8.73. The zero-order valence-corrected chi connectivity index (χ0v) is 11.2. The number of piperazine rings is 1. The molecule has 0 aromatic rings. The van der Waals surface area contributed by atoms with E-state index < -0.39 is 0 Å². The van der Waals surface area contributed by atoms with Crippen molar-refractivity contribution >= 4 is 0 Å². The van der Waals surface area contributed by atoms with E-state index in [1.807, 2.05) is 0 Å². The summed E-state index contributed by atoms with van der Waals surface area (Å²) in [6.07, 6.45) is 6.79.